The van der Waals surface area contributed by atoms with Crippen LogP contribution >= 0.6 is 0 Å². The van der Waals surface area contributed by atoms with Crippen molar-refractivity contribution in [2.24, 2.45) is 0 Å². The van der Waals surface area contributed by atoms with Gasteiger partial charge in [-0.3, -0.25) is 14.4 Å². The molecule has 1 aliphatic rings. The third kappa shape index (κ3) is 4.11. The first-order valence-electron chi connectivity index (χ1n) is 9.57. The van der Waals surface area contributed by atoms with Crippen LogP contribution in [0.15, 0.2) is 77.7 Å². The number of aromatic nitrogens is 1. The molecule has 1 aromatic heterocycles. The van der Waals surface area contributed by atoms with Crippen LogP contribution in [-0.4, -0.2) is 22.9 Å². The van der Waals surface area contributed by atoms with Crippen molar-refractivity contribution in [1.29, 1.82) is 0 Å². The van der Waals surface area contributed by atoms with E-state index in [-0.39, 0.29) is 17.0 Å². The summed E-state index contributed by atoms with van der Waals surface area (Å²) in [5.41, 5.74) is 2.01. The van der Waals surface area contributed by atoms with Gasteiger partial charge in [-0.25, -0.2) is 0 Å². The summed E-state index contributed by atoms with van der Waals surface area (Å²) in [6.07, 6.45) is 3.05. The molecule has 0 bridgehead atoms. The molecule has 0 radical (unpaired) electrons. The minimum absolute atomic E-state index is 0.0751. The lowest BCUT2D eigenvalue weighted by Gasteiger charge is -2.16. The van der Waals surface area contributed by atoms with Crippen LogP contribution in [0, 0.1) is 0 Å². The van der Waals surface area contributed by atoms with Gasteiger partial charge in [0, 0.05) is 30.5 Å². The lowest BCUT2D eigenvalue weighted by Crippen LogP contribution is -2.29. The number of benzene rings is 2. The maximum absolute atomic E-state index is 12.8. The summed E-state index contributed by atoms with van der Waals surface area (Å²) in [4.78, 5) is 39.2. The van der Waals surface area contributed by atoms with E-state index in [9.17, 15) is 14.4 Å². The van der Waals surface area contributed by atoms with E-state index < -0.39 is 5.91 Å². The van der Waals surface area contributed by atoms with Crippen molar-refractivity contribution in [3.63, 3.8) is 0 Å². The molecule has 146 valence electrons. The van der Waals surface area contributed by atoms with Gasteiger partial charge in [-0.1, -0.05) is 36.4 Å². The van der Waals surface area contributed by atoms with E-state index in [0.717, 1.165) is 17.7 Å². The number of rotatable bonds is 5. The minimum Gasteiger partial charge on any atom is -0.322 e. The molecule has 0 aliphatic carbocycles. The van der Waals surface area contributed by atoms with Gasteiger partial charge in [0.15, 0.2) is 0 Å². The molecule has 29 heavy (non-hydrogen) atoms. The summed E-state index contributed by atoms with van der Waals surface area (Å²) in [7, 11) is 0. The van der Waals surface area contributed by atoms with E-state index in [1.807, 2.05) is 36.4 Å². The molecule has 2 amide bonds. The number of hydrogen-bond acceptors (Lipinski definition) is 3. The van der Waals surface area contributed by atoms with Crippen molar-refractivity contribution in [1.82, 2.24) is 4.57 Å². The van der Waals surface area contributed by atoms with Crippen molar-refractivity contribution < 1.29 is 9.59 Å². The summed E-state index contributed by atoms with van der Waals surface area (Å²) in [6, 6.07) is 20.0. The van der Waals surface area contributed by atoms with Crippen LogP contribution in [0.1, 0.15) is 28.8 Å². The summed E-state index contributed by atoms with van der Waals surface area (Å²) >= 11 is 0. The third-order valence-corrected chi connectivity index (χ3v) is 4.95. The van der Waals surface area contributed by atoms with E-state index in [0.29, 0.717) is 25.2 Å². The fraction of sp³-hybridized carbons (Fsp3) is 0.174. The van der Waals surface area contributed by atoms with Crippen LogP contribution in [0.5, 0.6) is 0 Å². The Bertz CT molecular complexity index is 1110. The number of nitrogens with zero attached hydrogens (tertiary/aromatic N) is 2. The second-order valence-electron chi connectivity index (χ2n) is 6.99. The van der Waals surface area contributed by atoms with Crippen molar-refractivity contribution in [2.45, 2.75) is 19.4 Å². The van der Waals surface area contributed by atoms with Crippen LogP contribution in [0.25, 0.3) is 0 Å². The standard InChI is InChI=1S/C23H21N3O3/c27-21-12-6-14-26(21)19-10-4-9-18(15-19)24-22(28)20-11-5-13-25(23(20)29)16-17-7-2-1-3-8-17/h1-5,7-11,13,15H,6,12,14,16H2,(H,24,28). The van der Waals surface area contributed by atoms with E-state index >= 15 is 0 Å². The smallest absolute Gasteiger partial charge is 0.263 e. The normalized spacial score (nSPS) is 13.5. The van der Waals surface area contributed by atoms with Crippen molar-refractivity contribution >= 4 is 23.2 Å². The number of carbonyl (C=O) groups excluding carboxylic acids is 2. The molecule has 3 aromatic rings. The quantitative estimate of drug-likeness (QED) is 0.730. The Hall–Kier alpha value is -3.67. The van der Waals surface area contributed by atoms with Crippen molar-refractivity contribution in [3.8, 4) is 0 Å². The lowest BCUT2D eigenvalue weighted by molar-refractivity contribution is -0.117. The number of nitrogens with one attached hydrogen (secondary N) is 1. The molecule has 1 aliphatic heterocycles. The zero-order valence-electron chi connectivity index (χ0n) is 15.9. The Kier molecular flexibility index (Phi) is 5.24. The first kappa shape index (κ1) is 18.7. The maximum Gasteiger partial charge on any atom is 0.263 e. The highest BCUT2D eigenvalue weighted by molar-refractivity contribution is 6.04. The molecule has 1 fully saturated rings. The Morgan fingerprint density at radius 2 is 1.79 bits per heavy atom. The average Bonchev–Trinajstić information content (AvgIpc) is 3.16. The average molecular weight is 387 g/mol. The highest BCUT2D eigenvalue weighted by Gasteiger charge is 2.22. The predicted molar refractivity (Wildman–Crippen MR) is 112 cm³/mol. The minimum atomic E-state index is -0.470. The summed E-state index contributed by atoms with van der Waals surface area (Å²) in [6.45, 7) is 1.08. The summed E-state index contributed by atoms with van der Waals surface area (Å²) < 4.78 is 1.52. The van der Waals surface area contributed by atoms with E-state index in [2.05, 4.69) is 5.32 Å². The fourth-order valence-electron chi connectivity index (χ4n) is 3.49. The monoisotopic (exact) mass is 387 g/mol. The Labute approximate surface area is 168 Å². The topological polar surface area (TPSA) is 71.4 Å². The second-order valence-corrected chi connectivity index (χ2v) is 6.99. The number of hydrogen-bond donors (Lipinski definition) is 1. The first-order valence-corrected chi connectivity index (χ1v) is 9.57. The Morgan fingerprint density at radius 3 is 2.55 bits per heavy atom. The number of pyridine rings is 1. The van der Waals surface area contributed by atoms with Gasteiger partial charge in [0.25, 0.3) is 11.5 Å². The van der Waals surface area contributed by atoms with E-state index in [1.54, 1.807) is 35.4 Å². The van der Waals surface area contributed by atoms with E-state index in [1.165, 1.54) is 10.6 Å². The molecule has 2 aromatic carbocycles. The Morgan fingerprint density at radius 1 is 0.966 bits per heavy atom. The van der Waals surface area contributed by atoms with Crippen LogP contribution in [0.3, 0.4) is 0 Å². The van der Waals surface area contributed by atoms with Gasteiger partial charge in [-0.05, 0) is 42.3 Å². The van der Waals surface area contributed by atoms with Gasteiger partial charge in [0.05, 0.1) is 6.54 Å². The number of amides is 2. The van der Waals surface area contributed by atoms with Crippen molar-refractivity contribution in [3.05, 3.63) is 94.4 Å². The zero-order chi connectivity index (χ0) is 20.2. The van der Waals surface area contributed by atoms with Gasteiger partial charge < -0.3 is 14.8 Å². The summed E-state index contributed by atoms with van der Waals surface area (Å²) in [5, 5.41) is 2.78. The molecule has 2 heterocycles. The predicted octanol–water partition coefficient (Wildman–Crippen LogP) is 3.28. The van der Waals surface area contributed by atoms with Crippen LogP contribution in [0.4, 0.5) is 11.4 Å². The maximum atomic E-state index is 12.8. The molecule has 1 N–H and O–H groups in total. The molecule has 0 unspecified atom stereocenters. The first-order chi connectivity index (χ1) is 14.1. The van der Waals surface area contributed by atoms with Crippen LogP contribution in [0.2, 0.25) is 0 Å². The largest absolute Gasteiger partial charge is 0.322 e. The van der Waals surface area contributed by atoms with Crippen LogP contribution < -0.4 is 15.8 Å². The SMILES string of the molecule is O=C(Nc1cccc(N2CCCC2=O)c1)c1cccn(Cc2ccccc2)c1=O. The number of anilines is 2. The Balaban J connectivity index is 1.54. The highest BCUT2D eigenvalue weighted by Crippen LogP contribution is 2.24. The van der Waals surface area contributed by atoms with Gasteiger partial charge >= 0.3 is 0 Å². The molecule has 4 rings (SSSR count). The molecular formula is C23H21N3O3. The molecule has 0 atom stereocenters. The highest BCUT2D eigenvalue weighted by atomic mass is 16.2. The van der Waals surface area contributed by atoms with Gasteiger partial charge in [0.1, 0.15) is 5.56 Å². The summed E-state index contributed by atoms with van der Waals surface area (Å²) in [5.74, 6) is -0.386. The number of carbonyl (C=O) groups is 2. The fourth-order valence-corrected chi connectivity index (χ4v) is 3.49. The second kappa shape index (κ2) is 8.14. The van der Waals surface area contributed by atoms with Gasteiger partial charge in [0.2, 0.25) is 5.91 Å². The van der Waals surface area contributed by atoms with Crippen LogP contribution in [-0.2, 0) is 11.3 Å². The van der Waals surface area contributed by atoms with Gasteiger partial charge in [-0.2, -0.15) is 0 Å². The molecule has 6 heteroatoms. The molecule has 6 nitrogen and oxygen atoms in total. The molecule has 0 spiro atoms. The molecule has 1 saturated heterocycles. The van der Waals surface area contributed by atoms with E-state index in [4.69, 9.17) is 0 Å². The lowest BCUT2D eigenvalue weighted by atomic mass is 10.2. The molecular weight excluding hydrogens is 366 g/mol. The molecule has 0 saturated carbocycles. The van der Waals surface area contributed by atoms with Gasteiger partial charge in [-0.15, -0.1) is 0 Å². The third-order valence-electron chi connectivity index (χ3n) is 4.95. The zero-order valence-corrected chi connectivity index (χ0v) is 15.9. The van der Waals surface area contributed by atoms with Crippen molar-refractivity contribution in [2.75, 3.05) is 16.8 Å².